The van der Waals surface area contributed by atoms with Crippen LogP contribution < -0.4 is 9.80 Å². The van der Waals surface area contributed by atoms with Crippen LogP contribution in [0.1, 0.15) is 32.6 Å². The Morgan fingerprint density at radius 1 is 0.926 bits per heavy atom. The number of nitrogens with zero attached hydrogens (tertiary/aromatic N) is 5. The SMILES string of the molecule is CCC1CCCCN1c1cc(N2CCN(C)CC2)nc(-c2ccccc2)n1. The van der Waals surface area contributed by atoms with Gasteiger partial charge in [-0.1, -0.05) is 37.3 Å². The Balaban J connectivity index is 1.72. The van der Waals surface area contributed by atoms with Crippen molar-refractivity contribution in [1.29, 1.82) is 0 Å². The molecule has 0 radical (unpaired) electrons. The minimum absolute atomic E-state index is 0.595. The number of hydrogen-bond donors (Lipinski definition) is 0. The van der Waals surface area contributed by atoms with E-state index in [2.05, 4.69) is 59.0 Å². The average molecular weight is 366 g/mol. The lowest BCUT2D eigenvalue weighted by atomic mass is 10.00. The van der Waals surface area contributed by atoms with Crippen molar-refractivity contribution in [2.24, 2.45) is 0 Å². The van der Waals surface area contributed by atoms with Crippen molar-refractivity contribution >= 4 is 11.6 Å². The number of benzene rings is 1. The predicted molar refractivity (Wildman–Crippen MR) is 112 cm³/mol. The molecule has 0 aliphatic carbocycles. The molecular weight excluding hydrogens is 334 g/mol. The molecule has 1 unspecified atom stereocenters. The number of rotatable bonds is 4. The fraction of sp³-hybridized carbons (Fsp3) is 0.545. The van der Waals surface area contributed by atoms with E-state index in [0.717, 1.165) is 55.7 Å². The third kappa shape index (κ3) is 4.08. The van der Waals surface area contributed by atoms with E-state index >= 15 is 0 Å². The third-order valence-electron chi connectivity index (χ3n) is 5.95. The molecule has 27 heavy (non-hydrogen) atoms. The lowest BCUT2D eigenvalue weighted by Crippen LogP contribution is -2.45. The summed E-state index contributed by atoms with van der Waals surface area (Å²) in [6.45, 7) is 7.62. The zero-order chi connectivity index (χ0) is 18.6. The monoisotopic (exact) mass is 365 g/mol. The van der Waals surface area contributed by atoms with Crippen LogP contribution in [-0.2, 0) is 0 Å². The Morgan fingerprint density at radius 2 is 1.67 bits per heavy atom. The Labute approximate surface area is 163 Å². The molecule has 1 atom stereocenters. The molecule has 2 aromatic rings. The highest BCUT2D eigenvalue weighted by Gasteiger charge is 2.25. The first-order valence-corrected chi connectivity index (χ1v) is 10.4. The predicted octanol–water partition coefficient (Wildman–Crippen LogP) is 3.66. The topological polar surface area (TPSA) is 35.5 Å². The van der Waals surface area contributed by atoms with Gasteiger partial charge in [0.05, 0.1) is 0 Å². The molecule has 1 aromatic carbocycles. The fourth-order valence-electron chi connectivity index (χ4n) is 4.21. The molecule has 4 rings (SSSR count). The molecule has 0 saturated carbocycles. The number of aromatic nitrogens is 2. The van der Waals surface area contributed by atoms with Crippen molar-refractivity contribution < 1.29 is 0 Å². The maximum absolute atomic E-state index is 5.01. The van der Waals surface area contributed by atoms with Crippen LogP contribution in [0.4, 0.5) is 11.6 Å². The molecule has 1 aromatic heterocycles. The van der Waals surface area contributed by atoms with Crippen molar-refractivity contribution in [3.8, 4) is 11.4 Å². The van der Waals surface area contributed by atoms with Crippen LogP contribution in [0.2, 0.25) is 0 Å². The Kier molecular flexibility index (Phi) is 5.58. The summed E-state index contributed by atoms with van der Waals surface area (Å²) in [5, 5.41) is 0. The van der Waals surface area contributed by atoms with Gasteiger partial charge >= 0.3 is 0 Å². The highest BCUT2D eigenvalue weighted by atomic mass is 15.3. The molecule has 2 aliphatic rings. The summed E-state index contributed by atoms with van der Waals surface area (Å²) in [6, 6.07) is 13.2. The second-order valence-corrected chi connectivity index (χ2v) is 7.82. The second-order valence-electron chi connectivity index (χ2n) is 7.82. The lowest BCUT2D eigenvalue weighted by Gasteiger charge is -2.37. The Bertz CT molecular complexity index is 740. The van der Waals surface area contributed by atoms with E-state index < -0.39 is 0 Å². The zero-order valence-corrected chi connectivity index (χ0v) is 16.6. The average Bonchev–Trinajstić information content (AvgIpc) is 2.74. The van der Waals surface area contributed by atoms with Gasteiger partial charge in [-0.3, -0.25) is 0 Å². The van der Waals surface area contributed by atoms with Gasteiger partial charge in [0, 0.05) is 50.4 Å². The van der Waals surface area contributed by atoms with Crippen LogP contribution in [0.15, 0.2) is 36.4 Å². The molecule has 2 saturated heterocycles. The minimum atomic E-state index is 0.595. The van der Waals surface area contributed by atoms with Crippen LogP contribution in [0.5, 0.6) is 0 Å². The maximum Gasteiger partial charge on any atom is 0.163 e. The van der Waals surface area contributed by atoms with E-state index in [4.69, 9.17) is 9.97 Å². The van der Waals surface area contributed by atoms with E-state index in [0.29, 0.717) is 6.04 Å². The molecule has 0 bridgehead atoms. The summed E-state index contributed by atoms with van der Waals surface area (Å²) in [4.78, 5) is 17.3. The minimum Gasteiger partial charge on any atom is -0.354 e. The van der Waals surface area contributed by atoms with Gasteiger partial charge in [0.2, 0.25) is 0 Å². The van der Waals surface area contributed by atoms with E-state index in [1.807, 2.05) is 6.07 Å². The Morgan fingerprint density at radius 3 is 2.41 bits per heavy atom. The van der Waals surface area contributed by atoms with Crippen molar-refractivity contribution in [2.75, 3.05) is 49.6 Å². The van der Waals surface area contributed by atoms with Crippen LogP contribution in [0, 0.1) is 0 Å². The Hall–Kier alpha value is -2.14. The molecule has 3 heterocycles. The highest BCUT2D eigenvalue weighted by Crippen LogP contribution is 2.30. The number of anilines is 2. The molecule has 5 nitrogen and oxygen atoms in total. The quantitative estimate of drug-likeness (QED) is 0.826. The molecule has 144 valence electrons. The van der Waals surface area contributed by atoms with E-state index in [1.54, 1.807) is 0 Å². The third-order valence-corrected chi connectivity index (χ3v) is 5.95. The van der Waals surface area contributed by atoms with Crippen LogP contribution in [0.3, 0.4) is 0 Å². The highest BCUT2D eigenvalue weighted by molar-refractivity contribution is 5.62. The molecule has 0 amide bonds. The number of hydrogen-bond acceptors (Lipinski definition) is 5. The molecule has 2 fully saturated rings. The summed E-state index contributed by atoms with van der Waals surface area (Å²) < 4.78 is 0. The molecular formula is C22H31N5. The first-order chi connectivity index (χ1) is 13.2. The van der Waals surface area contributed by atoms with Gasteiger partial charge in [-0.2, -0.15) is 0 Å². The van der Waals surface area contributed by atoms with Crippen molar-refractivity contribution in [2.45, 2.75) is 38.6 Å². The van der Waals surface area contributed by atoms with Gasteiger partial charge in [0.15, 0.2) is 5.82 Å². The summed E-state index contributed by atoms with van der Waals surface area (Å²) in [6.07, 6.45) is 5.03. The van der Waals surface area contributed by atoms with E-state index in [1.165, 1.54) is 25.7 Å². The van der Waals surface area contributed by atoms with Crippen molar-refractivity contribution in [1.82, 2.24) is 14.9 Å². The summed E-state index contributed by atoms with van der Waals surface area (Å²) in [5.74, 6) is 3.03. The molecule has 0 spiro atoms. The van der Waals surface area contributed by atoms with Gasteiger partial charge < -0.3 is 14.7 Å². The maximum atomic E-state index is 5.01. The lowest BCUT2D eigenvalue weighted by molar-refractivity contribution is 0.312. The number of piperidine rings is 1. The van der Waals surface area contributed by atoms with Gasteiger partial charge in [0.1, 0.15) is 11.6 Å². The zero-order valence-electron chi connectivity index (χ0n) is 16.6. The van der Waals surface area contributed by atoms with Gasteiger partial charge in [-0.25, -0.2) is 9.97 Å². The van der Waals surface area contributed by atoms with Gasteiger partial charge in [-0.15, -0.1) is 0 Å². The number of likely N-dealkylation sites (N-methyl/N-ethyl adjacent to an activating group) is 1. The van der Waals surface area contributed by atoms with Crippen LogP contribution >= 0.6 is 0 Å². The standard InChI is InChI=1S/C22H31N5/c1-3-19-11-7-8-12-27(19)21-17-20(26-15-13-25(2)14-16-26)23-22(24-21)18-9-5-4-6-10-18/h4-6,9-10,17,19H,3,7-8,11-16H2,1-2H3. The van der Waals surface area contributed by atoms with Crippen LogP contribution in [0.25, 0.3) is 11.4 Å². The first-order valence-electron chi connectivity index (χ1n) is 10.4. The number of piperazine rings is 1. The summed E-state index contributed by atoms with van der Waals surface area (Å²) in [5.41, 5.74) is 1.10. The van der Waals surface area contributed by atoms with E-state index in [-0.39, 0.29) is 0 Å². The largest absolute Gasteiger partial charge is 0.354 e. The molecule has 5 heteroatoms. The van der Waals surface area contributed by atoms with Gasteiger partial charge in [0.25, 0.3) is 0 Å². The second kappa shape index (κ2) is 8.26. The first kappa shape index (κ1) is 18.2. The van der Waals surface area contributed by atoms with E-state index in [9.17, 15) is 0 Å². The van der Waals surface area contributed by atoms with Crippen molar-refractivity contribution in [3.05, 3.63) is 36.4 Å². The normalized spacial score (nSPS) is 21.5. The summed E-state index contributed by atoms with van der Waals surface area (Å²) in [7, 11) is 2.19. The van der Waals surface area contributed by atoms with Crippen LogP contribution in [-0.4, -0.2) is 60.7 Å². The smallest absolute Gasteiger partial charge is 0.163 e. The van der Waals surface area contributed by atoms with Gasteiger partial charge in [-0.05, 0) is 32.7 Å². The summed E-state index contributed by atoms with van der Waals surface area (Å²) >= 11 is 0. The molecule has 2 aliphatic heterocycles. The van der Waals surface area contributed by atoms with Crippen molar-refractivity contribution in [3.63, 3.8) is 0 Å². The molecule has 0 N–H and O–H groups in total. The fourth-order valence-corrected chi connectivity index (χ4v) is 4.21.